The fraction of sp³-hybridized carbons (Fsp3) is 0.625. The molecule has 4 heteroatoms. The Labute approximate surface area is 132 Å². The van der Waals surface area contributed by atoms with E-state index >= 15 is 0 Å². The molecule has 0 bridgehead atoms. The van der Waals surface area contributed by atoms with E-state index in [2.05, 4.69) is 31.0 Å². The minimum atomic E-state index is 0.561. The van der Waals surface area contributed by atoms with Gasteiger partial charge in [-0.05, 0) is 37.0 Å². The molecule has 2 atom stereocenters. The number of nitrogens with one attached hydrogen (secondary N) is 1. The van der Waals surface area contributed by atoms with Crippen LogP contribution in [-0.4, -0.2) is 36.6 Å². The SMILES string of the molecule is CC1CN(CCc2ccc(Cl)cc2Cl)C(C(C)C)CN1. The summed E-state index contributed by atoms with van der Waals surface area (Å²) in [5.41, 5.74) is 1.18. The summed E-state index contributed by atoms with van der Waals surface area (Å²) in [7, 11) is 0. The molecule has 1 aromatic rings. The van der Waals surface area contributed by atoms with Crippen LogP contribution in [0.3, 0.4) is 0 Å². The van der Waals surface area contributed by atoms with Gasteiger partial charge in [0.15, 0.2) is 0 Å². The lowest BCUT2D eigenvalue weighted by atomic mass is 9.98. The van der Waals surface area contributed by atoms with Crippen LogP contribution in [0, 0.1) is 5.92 Å². The number of rotatable bonds is 4. The lowest BCUT2D eigenvalue weighted by Gasteiger charge is -2.41. The predicted octanol–water partition coefficient (Wildman–Crippen LogP) is 3.85. The van der Waals surface area contributed by atoms with E-state index in [9.17, 15) is 0 Å². The van der Waals surface area contributed by atoms with Gasteiger partial charge < -0.3 is 5.32 Å². The van der Waals surface area contributed by atoms with Crippen molar-refractivity contribution < 1.29 is 0 Å². The molecule has 1 aromatic carbocycles. The van der Waals surface area contributed by atoms with Crippen molar-refractivity contribution in [3.8, 4) is 0 Å². The molecule has 1 heterocycles. The fourth-order valence-corrected chi connectivity index (χ4v) is 3.41. The number of nitrogens with zero attached hydrogens (tertiary/aromatic N) is 1. The molecule has 0 radical (unpaired) electrons. The van der Waals surface area contributed by atoms with E-state index in [1.807, 2.05) is 18.2 Å². The first-order valence-electron chi connectivity index (χ1n) is 7.38. The molecule has 0 saturated carbocycles. The molecule has 0 aliphatic carbocycles. The van der Waals surface area contributed by atoms with Crippen molar-refractivity contribution in [2.45, 2.75) is 39.3 Å². The van der Waals surface area contributed by atoms with E-state index in [0.717, 1.165) is 31.1 Å². The Morgan fingerprint density at radius 3 is 2.75 bits per heavy atom. The van der Waals surface area contributed by atoms with E-state index in [4.69, 9.17) is 23.2 Å². The summed E-state index contributed by atoms with van der Waals surface area (Å²) >= 11 is 12.2. The first kappa shape index (κ1) is 16.1. The molecule has 1 aliphatic rings. The monoisotopic (exact) mass is 314 g/mol. The molecule has 112 valence electrons. The van der Waals surface area contributed by atoms with Crippen LogP contribution in [0.1, 0.15) is 26.3 Å². The van der Waals surface area contributed by atoms with E-state index in [0.29, 0.717) is 23.0 Å². The molecule has 0 aromatic heterocycles. The van der Waals surface area contributed by atoms with E-state index < -0.39 is 0 Å². The van der Waals surface area contributed by atoms with Gasteiger partial charge in [-0.15, -0.1) is 0 Å². The number of benzene rings is 1. The van der Waals surface area contributed by atoms with Crippen molar-refractivity contribution in [1.82, 2.24) is 10.2 Å². The van der Waals surface area contributed by atoms with Gasteiger partial charge in [0.2, 0.25) is 0 Å². The molecule has 0 spiro atoms. The zero-order chi connectivity index (χ0) is 14.7. The minimum absolute atomic E-state index is 0.561. The van der Waals surface area contributed by atoms with Crippen molar-refractivity contribution in [3.63, 3.8) is 0 Å². The molecule has 20 heavy (non-hydrogen) atoms. The average Bonchev–Trinajstić information content (AvgIpc) is 2.37. The maximum Gasteiger partial charge on any atom is 0.0453 e. The Kier molecular flexibility index (Phi) is 5.74. The first-order chi connectivity index (χ1) is 9.47. The summed E-state index contributed by atoms with van der Waals surface area (Å²) in [6.07, 6.45) is 0.978. The summed E-state index contributed by atoms with van der Waals surface area (Å²) in [5, 5.41) is 5.06. The van der Waals surface area contributed by atoms with Gasteiger partial charge in [-0.3, -0.25) is 4.90 Å². The summed E-state index contributed by atoms with van der Waals surface area (Å²) in [6.45, 7) is 10.1. The van der Waals surface area contributed by atoms with Gasteiger partial charge in [0.25, 0.3) is 0 Å². The van der Waals surface area contributed by atoms with Crippen LogP contribution < -0.4 is 5.32 Å². The van der Waals surface area contributed by atoms with Crippen molar-refractivity contribution in [3.05, 3.63) is 33.8 Å². The maximum atomic E-state index is 6.26. The van der Waals surface area contributed by atoms with Crippen LogP contribution >= 0.6 is 23.2 Å². The van der Waals surface area contributed by atoms with Gasteiger partial charge >= 0.3 is 0 Å². The van der Waals surface area contributed by atoms with Crippen LogP contribution in [0.15, 0.2) is 18.2 Å². The predicted molar refractivity (Wildman–Crippen MR) is 87.8 cm³/mol. The lowest BCUT2D eigenvalue weighted by molar-refractivity contribution is 0.104. The fourth-order valence-electron chi connectivity index (χ4n) is 2.91. The molecule has 1 fully saturated rings. The zero-order valence-electron chi connectivity index (χ0n) is 12.5. The van der Waals surface area contributed by atoms with Gasteiger partial charge in [-0.2, -0.15) is 0 Å². The van der Waals surface area contributed by atoms with Crippen molar-refractivity contribution >= 4 is 23.2 Å². The van der Waals surface area contributed by atoms with E-state index in [1.54, 1.807) is 0 Å². The standard InChI is InChI=1S/C16H24Cl2N2/c1-11(2)16-9-19-12(3)10-20(16)7-6-13-4-5-14(17)8-15(13)18/h4-5,8,11-12,16,19H,6-7,9-10H2,1-3H3. The van der Waals surface area contributed by atoms with Crippen LogP contribution in [0.2, 0.25) is 10.0 Å². The minimum Gasteiger partial charge on any atom is -0.311 e. The van der Waals surface area contributed by atoms with Crippen LogP contribution in [0.5, 0.6) is 0 Å². The molecule has 0 amide bonds. The second-order valence-electron chi connectivity index (χ2n) is 6.10. The maximum absolute atomic E-state index is 6.26. The molecule has 2 rings (SSSR count). The van der Waals surface area contributed by atoms with Gasteiger partial charge in [0.1, 0.15) is 0 Å². The second kappa shape index (κ2) is 7.13. The first-order valence-corrected chi connectivity index (χ1v) is 8.14. The van der Waals surface area contributed by atoms with Gasteiger partial charge in [0, 0.05) is 41.8 Å². The van der Waals surface area contributed by atoms with Crippen molar-refractivity contribution in [2.75, 3.05) is 19.6 Å². The van der Waals surface area contributed by atoms with Gasteiger partial charge in [-0.25, -0.2) is 0 Å². The Hall–Kier alpha value is -0.280. The number of hydrogen-bond acceptors (Lipinski definition) is 2. The molecule has 1 saturated heterocycles. The van der Waals surface area contributed by atoms with Crippen molar-refractivity contribution in [1.29, 1.82) is 0 Å². The third-order valence-corrected chi connectivity index (χ3v) is 4.69. The molecular formula is C16H24Cl2N2. The lowest BCUT2D eigenvalue weighted by Crippen LogP contribution is -2.57. The zero-order valence-corrected chi connectivity index (χ0v) is 14.0. The second-order valence-corrected chi connectivity index (χ2v) is 6.94. The Bertz CT molecular complexity index is 448. The molecular weight excluding hydrogens is 291 g/mol. The highest BCUT2D eigenvalue weighted by atomic mass is 35.5. The smallest absolute Gasteiger partial charge is 0.0453 e. The molecule has 1 aliphatic heterocycles. The van der Waals surface area contributed by atoms with E-state index in [1.165, 1.54) is 5.56 Å². The topological polar surface area (TPSA) is 15.3 Å². The van der Waals surface area contributed by atoms with Crippen LogP contribution in [0.25, 0.3) is 0 Å². The Morgan fingerprint density at radius 1 is 1.35 bits per heavy atom. The summed E-state index contributed by atoms with van der Waals surface area (Å²) < 4.78 is 0. The molecule has 2 nitrogen and oxygen atoms in total. The van der Waals surface area contributed by atoms with Crippen LogP contribution in [0.4, 0.5) is 0 Å². The number of halogens is 2. The number of hydrogen-bond donors (Lipinski definition) is 1. The molecule has 2 unspecified atom stereocenters. The quantitative estimate of drug-likeness (QED) is 0.908. The van der Waals surface area contributed by atoms with Gasteiger partial charge in [-0.1, -0.05) is 43.1 Å². The summed E-state index contributed by atoms with van der Waals surface area (Å²) in [4.78, 5) is 2.59. The third kappa shape index (κ3) is 4.11. The molecule has 1 N–H and O–H groups in total. The van der Waals surface area contributed by atoms with Crippen molar-refractivity contribution in [2.24, 2.45) is 5.92 Å². The highest BCUT2D eigenvalue weighted by molar-refractivity contribution is 6.35. The largest absolute Gasteiger partial charge is 0.311 e. The summed E-state index contributed by atoms with van der Waals surface area (Å²) in [6, 6.07) is 6.96. The normalized spacial score (nSPS) is 24.3. The summed E-state index contributed by atoms with van der Waals surface area (Å²) in [5.74, 6) is 0.663. The highest BCUT2D eigenvalue weighted by Gasteiger charge is 2.27. The highest BCUT2D eigenvalue weighted by Crippen LogP contribution is 2.22. The number of piperazine rings is 1. The third-order valence-electron chi connectivity index (χ3n) is 4.11. The van der Waals surface area contributed by atoms with Crippen LogP contribution in [-0.2, 0) is 6.42 Å². The Morgan fingerprint density at radius 2 is 2.10 bits per heavy atom. The Balaban J connectivity index is 2.00. The van der Waals surface area contributed by atoms with E-state index in [-0.39, 0.29) is 0 Å². The van der Waals surface area contributed by atoms with Gasteiger partial charge in [0.05, 0.1) is 0 Å². The average molecular weight is 315 g/mol.